The summed E-state index contributed by atoms with van der Waals surface area (Å²) in [6, 6.07) is 26.8. The Morgan fingerprint density at radius 2 is 0.931 bits per heavy atom. The zero-order valence-electron chi connectivity index (χ0n) is 72.0. The Morgan fingerprint density at radius 3 is 1.40 bits per heavy atom. The topological polar surface area (TPSA) is 510 Å². The molecule has 0 aromatic heterocycles. The minimum atomic E-state index is -1.21. The number of hydrogen-bond acceptors (Lipinski definition) is 33. The summed E-state index contributed by atoms with van der Waals surface area (Å²) in [5.74, 6) is -2.76. The van der Waals surface area contributed by atoms with E-state index in [0.717, 1.165) is 17.1 Å². The van der Waals surface area contributed by atoms with Crippen LogP contribution in [0.4, 0.5) is 0 Å². The molecule has 0 radical (unpaired) electrons. The number of ketones is 1. The molecule has 10 amide bonds. The zero-order valence-corrected chi connectivity index (χ0v) is 74.6. The fourth-order valence-corrected chi connectivity index (χ4v) is 14.0. The molecule has 4 aromatic carbocycles. The van der Waals surface area contributed by atoms with Crippen molar-refractivity contribution in [2.75, 3.05) is 162 Å². The number of nitrogens with zero attached hydrogens (tertiary/aromatic N) is 3. The number of nitrogens with one attached hydrogen (secondary N) is 4. The van der Waals surface area contributed by atoms with E-state index >= 15 is 0 Å². The number of benzene rings is 6. The van der Waals surface area contributed by atoms with Crippen LogP contribution in [0.1, 0.15) is 96.3 Å². The quantitative estimate of drug-likeness (QED) is 0.00656. The van der Waals surface area contributed by atoms with Gasteiger partial charge in [-0.05, 0) is 104 Å². The van der Waals surface area contributed by atoms with Gasteiger partial charge in [-0.3, -0.25) is 76.9 Å². The predicted molar refractivity (Wildman–Crippen MR) is 481 cm³/mol. The Balaban J connectivity index is 0.000000216. The second kappa shape index (κ2) is 55.7. The molecule has 38 nitrogen and oxygen atoms in total. The Hall–Kier alpha value is -12.3. The summed E-state index contributed by atoms with van der Waals surface area (Å²) < 4.78 is 59.4. The number of fused-ring (bicyclic) bond motifs is 4. The highest BCUT2D eigenvalue weighted by Crippen LogP contribution is 2.45. The number of carboxylic acids is 1. The SMILES string of the molecule is CCCSC1CC(=O)N(CCC(=O)NCCOCCOCCOCCOCCC(C)=O)C1=O.O=C(CCN1C(=O)C=CC1=O)NCCOCCOCCOCCOCCC(=O)ON1C(=O)CCC1=O.O=C(NCCS)c1ccc(-c2c3ccc(=O)cc-3oc3cc(O)ccc23)c(C(=O)O)c1.O=COc1ccc(C(=O)NCCS)cc1-c1c2ccc(=O)cc-2oc2cc(O)ccc12. The van der Waals surface area contributed by atoms with Gasteiger partial charge in [-0.25, -0.2) is 9.59 Å². The van der Waals surface area contributed by atoms with E-state index in [2.05, 4.69) is 46.5 Å². The van der Waals surface area contributed by atoms with Crippen molar-refractivity contribution in [2.24, 2.45) is 0 Å². The Kier molecular flexibility index (Phi) is 44.2. The molecule has 131 heavy (non-hydrogen) atoms. The largest absolute Gasteiger partial charge is 0.508 e. The number of thiol groups is 2. The first kappa shape index (κ1) is 104. The number of aromatic hydroxyl groups is 2. The number of aromatic carboxylic acids is 1. The minimum absolute atomic E-state index is 0.0101. The van der Waals surface area contributed by atoms with Crippen LogP contribution in [0.15, 0.2) is 140 Å². The van der Waals surface area contributed by atoms with Crippen molar-refractivity contribution in [1.29, 1.82) is 0 Å². The monoisotopic (exact) mass is 1870 g/mol. The molecule has 4 aromatic rings. The van der Waals surface area contributed by atoms with Crippen molar-refractivity contribution in [3.05, 3.63) is 158 Å². The summed E-state index contributed by atoms with van der Waals surface area (Å²) in [5.41, 5.74) is 3.65. The molecule has 11 rings (SSSR count). The molecule has 702 valence electrons. The first-order chi connectivity index (χ1) is 63.2. The highest BCUT2D eigenvalue weighted by molar-refractivity contribution is 8.00. The van der Waals surface area contributed by atoms with Crippen molar-refractivity contribution in [3.8, 4) is 62.1 Å². The van der Waals surface area contributed by atoms with E-state index < -0.39 is 41.5 Å². The summed E-state index contributed by atoms with van der Waals surface area (Å²) >= 11 is 9.65. The van der Waals surface area contributed by atoms with Gasteiger partial charge in [0.1, 0.15) is 45.7 Å². The number of likely N-dealkylation sites (tertiary alicyclic amines) is 1. The first-order valence-electron chi connectivity index (χ1n) is 41.7. The van der Waals surface area contributed by atoms with Gasteiger partial charge in [0.2, 0.25) is 23.6 Å². The van der Waals surface area contributed by atoms with E-state index in [1.165, 1.54) is 96.4 Å². The molecule has 0 saturated carbocycles. The smallest absolute Gasteiger partial charge is 0.336 e. The van der Waals surface area contributed by atoms with E-state index in [1.807, 2.05) is 6.92 Å². The van der Waals surface area contributed by atoms with Crippen LogP contribution in [-0.4, -0.2) is 281 Å². The molecule has 7 N–H and O–H groups in total. The van der Waals surface area contributed by atoms with Gasteiger partial charge in [0.25, 0.3) is 41.9 Å². The van der Waals surface area contributed by atoms with Crippen LogP contribution >= 0.6 is 37.0 Å². The van der Waals surface area contributed by atoms with Gasteiger partial charge in [-0.15, -0.1) is 16.8 Å². The molecular formula is C90H103N7O31S3. The lowest BCUT2D eigenvalue weighted by molar-refractivity contribution is -0.198. The lowest BCUT2D eigenvalue weighted by atomic mass is 9.90. The number of carboxylic acid groups (broad SMARTS) is 1. The number of Topliss-reactive ketones (excluding diaryl/α,β-unsaturated/α-hetero) is 1. The second-order valence-corrected chi connectivity index (χ2v) is 30.7. The predicted octanol–water partition coefficient (Wildman–Crippen LogP) is 6.38. The number of phenolic OH excluding ortho intramolecular Hbond substituents is 2. The molecule has 2 saturated heterocycles. The third kappa shape index (κ3) is 33.6. The van der Waals surface area contributed by atoms with Crippen molar-refractivity contribution < 1.29 is 139 Å². The number of thioether (sulfide) groups is 1. The fourth-order valence-electron chi connectivity index (χ4n) is 12.7. The van der Waals surface area contributed by atoms with Gasteiger partial charge in [0, 0.05) is 175 Å². The van der Waals surface area contributed by atoms with E-state index in [0.29, 0.717) is 215 Å². The van der Waals surface area contributed by atoms with Crippen molar-refractivity contribution in [1.82, 2.24) is 36.1 Å². The summed E-state index contributed by atoms with van der Waals surface area (Å²) in [4.78, 5) is 194. The number of hydrogen-bond donors (Lipinski definition) is 9. The van der Waals surface area contributed by atoms with Gasteiger partial charge in [0.15, 0.2) is 10.9 Å². The van der Waals surface area contributed by atoms with Gasteiger partial charge in [-0.1, -0.05) is 13.0 Å². The third-order valence-corrected chi connectivity index (χ3v) is 20.8. The average Bonchev–Trinajstić information content (AvgIpc) is 1.48. The maximum Gasteiger partial charge on any atom is 0.336 e. The van der Waals surface area contributed by atoms with Crippen molar-refractivity contribution in [2.45, 2.75) is 70.5 Å². The number of carbonyl (C=O) groups excluding carboxylic acids is 13. The van der Waals surface area contributed by atoms with Crippen LogP contribution in [0.2, 0.25) is 0 Å². The number of phenols is 2. The normalized spacial score (nSPS) is 13.4. The Labute approximate surface area is 766 Å². The van der Waals surface area contributed by atoms with Gasteiger partial charge < -0.3 is 92.9 Å². The maximum absolute atomic E-state index is 12.5. The third-order valence-electron chi connectivity index (χ3n) is 19.0. The number of amides is 10. The summed E-state index contributed by atoms with van der Waals surface area (Å²) in [5, 5.41) is 41.8. The molecule has 1 atom stereocenters. The molecule has 5 heterocycles. The van der Waals surface area contributed by atoms with Gasteiger partial charge in [0.05, 0.1) is 123 Å². The summed E-state index contributed by atoms with van der Waals surface area (Å²) in [7, 11) is 0. The number of rotatable bonds is 51. The molecule has 41 heteroatoms. The van der Waals surface area contributed by atoms with E-state index in [9.17, 15) is 92.0 Å². The number of imide groups is 3. The molecule has 0 bridgehead atoms. The standard InChI is InChI=1S/2C23H17NO6S.C22H31N3O11.C22H38N2O8S/c25-12-29-19-6-1-13(23(28)24-7-8-31)9-18(19)22-16-4-2-14(26)10-20(16)30-21-11-15(27)3-5-17(21)22;25-13-2-5-16-19(10-13)30-20-11-14(26)3-6-17(20)21(16)15-4-1-12(9-18(15)23(28)29)22(27)24-7-8-31;26-17(5-8-24-18(27)1-2-19(24)28)23-7-10-33-12-14-35-16-15-34-13-11-32-9-6-22(31)36-25-20(29)3-4-21(25)30;1-3-16-33-19-17-21(27)24(22(19)28)7-4-20(26)23-6-9-30-11-13-32-15-14-31-12-10-29-8-5-18(2)25/h1-6,9-12,26,31H,7-8H2,(H,24,28);1-6,9-11,25,31H,7-8H2,(H,24,27)(H,28,29);1-2H,3-16H2,(H,23,26);19H,3-17H2,1-2H3,(H,23,26). The number of ether oxygens (including phenoxy) is 9. The van der Waals surface area contributed by atoms with E-state index in [-0.39, 0.29) is 150 Å². The van der Waals surface area contributed by atoms with Gasteiger partial charge in [-0.2, -0.15) is 25.3 Å². The summed E-state index contributed by atoms with van der Waals surface area (Å²) in [6.45, 7) is 11.1. The number of hydroxylamine groups is 2. The fraction of sp³-hybridized carbons (Fsp3) is 0.400. The molecule has 5 aliphatic heterocycles. The van der Waals surface area contributed by atoms with Crippen LogP contribution in [0.5, 0.6) is 17.2 Å². The zero-order chi connectivity index (χ0) is 94.6. The lowest BCUT2D eigenvalue weighted by Crippen LogP contribution is -2.36. The molecule has 1 unspecified atom stereocenters. The van der Waals surface area contributed by atoms with Crippen LogP contribution in [0.3, 0.4) is 0 Å². The van der Waals surface area contributed by atoms with Crippen LogP contribution in [-0.2, 0) is 95.5 Å². The Bertz CT molecular complexity index is 5360. The van der Waals surface area contributed by atoms with Crippen LogP contribution < -0.4 is 36.9 Å². The molecule has 0 spiro atoms. The molecular weight excluding hydrogens is 1770 g/mol. The highest BCUT2D eigenvalue weighted by atomic mass is 32.2. The average molecular weight is 1880 g/mol. The van der Waals surface area contributed by atoms with E-state index in [4.69, 9.17) is 56.3 Å². The van der Waals surface area contributed by atoms with Crippen LogP contribution in [0.25, 0.3) is 66.8 Å². The van der Waals surface area contributed by atoms with Crippen LogP contribution in [0, 0.1) is 0 Å². The molecule has 2 fully saturated rings. The van der Waals surface area contributed by atoms with Gasteiger partial charge >= 0.3 is 11.9 Å². The van der Waals surface area contributed by atoms with E-state index in [1.54, 1.807) is 48.5 Å². The second-order valence-electron chi connectivity index (χ2n) is 28.5. The highest BCUT2D eigenvalue weighted by Gasteiger charge is 2.39. The lowest BCUT2D eigenvalue weighted by Gasteiger charge is -2.17. The maximum atomic E-state index is 12.5. The van der Waals surface area contributed by atoms with Crippen molar-refractivity contribution >= 4 is 142 Å². The van der Waals surface area contributed by atoms with Crippen molar-refractivity contribution in [3.63, 3.8) is 0 Å². The number of carbonyl (C=O) groups is 14. The first-order valence-corrected chi connectivity index (χ1v) is 44.1. The molecule has 2 aliphatic carbocycles. The Morgan fingerprint density at radius 1 is 0.489 bits per heavy atom. The minimum Gasteiger partial charge on any atom is -0.508 e. The summed E-state index contributed by atoms with van der Waals surface area (Å²) in [6.07, 6.45) is 4.07. The molecule has 7 aliphatic rings.